The predicted octanol–water partition coefficient (Wildman–Crippen LogP) is 3.56. The lowest BCUT2D eigenvalue weighted by Crippen LogP contribution is -2.18. The van der Waals surface area contributed by atoms with E-state index in [1.807, 2.05) is 42.8 Å². The molecule has 6 heteroatoms. The van der Waals surface area contributed by atoms with Gasteiger partial charge in [-0.05, 0) is 29.1 Å². The van der Waals surface area contributed by atoms with Crippen molar-refractivity contribution in [1.29, 1.82) is 0 Å². The van der Waals surface area contributed by atoms with Gasteiger partial charge >= 0.3 is 0 Å². The summed E-state index contributed by atoms with van der Waals surface area (Å²) in [4.78, 5) is 11.6. The van der Waals surface area contributed by atoms with Gasteiger partial charge in [0.25, 0.3) is 0 Å². The van der Waals surface area contributed by atoms with Gasteiger partial charge in [-0.1, -0.05) is 23.7 Å². The second-order valence-electron chi connectivity index (χ2n) is 4.53. The number of hydrogen-bond acceptors (Lipinski definition) is 5. The summed E-state index contributed by atoms with van der Waals surface area (Å²) in [6, 6.07) is 9.82. The van der Waals surface area contributed by atoms with E-state index in [4.69, 9.17) is 17.3 Å². The highest BCUT2D eigenvalue weighted by Crippen LogP contribution is 2.28. The van der Waals surface area contributed by atoms with Gasteiger partial charge in [-0.2, -0.15) is 4.98 Å². The van der Waals surface area contributed by atoms with Crippen molar-refractivity contribution in [3.05, 3.63) is 46.3 Å². The Labute approximate surface area is 125 Å². The Bertz CT molecular complexity index is 756. The third-order valence-corrected chi connectivity index (χ3v) is 4.03. The van der Waals surface area contributed by atoms with Crippen molar-refractivity contribution in [2.24, 2.45) is 0 Å². The first kappa shape index (κ1) is 13.1. The Morgan fingerprint density at radius 3 is 2.95 bits per heavy atom. The van der Waals surface area contributed by atoms with E-state index in [9.17, 15) is 0 Å². The maximum atomic E-state index is 6.01. The zero-order valence-corrected chi connectivity index (χ0v) is 12.4. The molecule has 2 N–H and O–H groups in total. The van der Waals surface area contributed by atoms with Gasteiger partial charge in [-0.25, -0.2) is 4.98 Å². The lowest BCUT2D eigenvalue weighted by Gasteiger charge is -2.19. The summed E-state index contributed by atoms with van der Waals surface area (Å²) >= 11 is 7.58. The van der Waals surface area contributed by atoms with E-state index in [-0.39, 0.29) is 0 Å². The van der Waals surface area contributed by atoms with E-state index in [2.05, 4.69) is 14.9 Å². The summed E-state index contributed by atoms with van der Waals surface area (Å²) in [5, 5.41) is 3.75. The Hall–Kier alpha value is -1.85. The first-order valence-electron chi connectivity index (χ1n) is 6.10. The highest BCUT2D eigenvalue weighted by atomic mass is 35.5. The van der Waals surface area contributed by atoms with Crippen LogP contribution in [0.3, 0.4) is 0 Å². The maximum Gasteiger partial charge on any atom is 0.223 e. The monoisotopic (exact) mass is 304 g/mol. The van der Waals surface area contributed by atoms with Crippen LogP contribution in [0.25, 0.3) is 10.2 Å². The van der Waals surface area contributed by atoms with E-state index >= 15 is 0 Å². The SMILES string of the molecule is CN(Cc1cccc(Cl)c1)c1nc(N)nc2sccc12. The smallest absolute Gasteiger partial charge is 0.223 e. The zero-order chi connectivity index (χ0) is 14.1. The van der Waals surface area contributed by atoms with Gasteiger partial charge in [0.15, 0.2) is 0 Å². The molecule has 0 aliphatic carbocycles. The molecule has 1 aromatic carbocycles. The molecule has 0 saturated carbocycles. The van der Waals surface area contributed by atoms with Crippen molar-refractivity contribution in [1.82, 2.24) is 9.97 Å². The minimum absolute atomic E-state index is 0.299. The molecule has 102 valence electrons. The Balaban J connectivity index is 1.96. The Morgan fingerprint density at radius 1 is 1.30 bits per heavy atom. The number of nitrogens with zero attached hydrogens (tertiary/aromatic N) is 3. The normalized spacial score (nSPS) is 10.9. The van der Waals surface area contributed by atoms with E-state index in [1.54, 1.807) is 11.3 Å². The third-order valence-electron chi connectivity index (χ3n) is 2.99. The fraction of sp³-hybridized carbons (Fsp3) is 0.143. The number of anilines is 2. The van der Waals surface area contributed by atoms with Crippen molar-refractivity contribution >= 4 is 44.9 Å². The van der Waals surface area contributed by atoms with Crippen LogP contribution in [0.15, 0.2) is 35.7 Å². The molecule has 3 rings (SSSR count). The van der Waals surface area contributed by atoms with E-state index in [0.717, 1.165) is 26.6 Å². The number of nitrogens with two attached hydrogens (primary N) is 1. The van der Waals surface area contributed by atoms with E-state index in [0.29, 0.717) is 12.5 Å². The fourth-order valence-corrected chi connectivity index (χ4v) is 3.11. The van der Waals surface area contributed by atoms with Crippen LogP contribution < -0.4 is 10.6 Å². The molecule has 0 amide bonds. The van der Waals surface area contributed by atoms with Gasteiger partial charge in [0, 0.05) is 18.6 Å². The molecule has 2 aromatic heterocycles. The number of hydrogen-bond donors (Lipinski definition) is 1. The quantitative estimate of drug-likeness (QED) is 0.804. The Morgan fingerprint density at radius 2 is 2.15 bits per heavy atom. The first-order chi connectivity index (χ1) is 9.63. The molecule has 2 heterocycles. The van der Waals surface area contributed by atoms with Crippen LogP contribution >= 0.6 is 22.9 Å². The number of nitrogen functional groups attached to an aromatic ring is 1. The summed E-state index contributed by atoms with van der Waals surface area (Å²) in [5.74, 6) is 1.14. The van der Waals surface area contributed by atoms with Crippen LogP contribution in [0.2, 0.25) is 5.02 Å². The molecule has 20 heavy (non-hydrogen) atoms. The number of fused-ring (bicyclic) bond motifs is 1. The molecule has 0 atom stereocenters. The number of aromatic nitrogens is 2. The lowest BCUT2D eigenvalue weighted by molar-refractivity contribution is 0.903. The van der Waals surface area contributed by atoms with Crippen LogP contribution in [-0.2, 0) is 6.54 Å². The number of thiophene rings is 1. The molecule has 0 spiro atoms. The number of rotatable bonds is 3. The second kappa shape index (κ2) is 5.26. The molecule has 0 unspecified atom stereocenters. The predicted molar refractivity (Wildman–Crippen MR) is 85.4 cm³/mol. The van der Waals surface area contributed by atoms with E-state index in [1.165, 1.54) is 0 Å². The second-order valence-corrected chi connectivity index (χ2v) is 5.86. The van der Waals surface area contributed by atoms with Crippen LogP contribution in [0.4, 0.5) is 11.8 Å². The van der Waals surface area contributed by atoms with Gasteiger partial charge < -0.3 is 10.6 Å². The summed E-state index contributed by atoms with van der Waals surface area (Å²) < 4.78 is 0. The lowest BCUT2D eigenvalue weighted by atomic mass is 10.2. The average Bonchev–Trinajstić information content (AvgIpc) is 2.85. The Kier molecular flexibility index (Phi) is 3.46. The molecular formula is C14H13ClN4S. The highest BCUT2D eigenvalue weighted by molar-refractivity contribution is 7.16. The summed E-state index contributed by atoms with van der Waals surface area (Å²) in [5.41, 5.74) is 6.90. The fourth-order valence-electron chi connectivity index (χ4n) is 2.13. The zero-order valence-electron chi connectivity index (χ0n) is 10.9. The van der Waals surface area contributed by atoms with Crippen LogP contribution in [0.1, 0.15) is 5.56 Å². The molecule has 0 aliphatic heterocycles. The molecule has 0 radical (unpaired) electrons. The molecule has 3 aromatic rings. The van der Waals surface area contributed by atoms with Gasteiger partial charge in [-0.15, -0.1) is 11.3 Å². The van der Waals surface area contributed by atoms with Crippen LogP contribution in [-0.4, -0.2) is 17.0 Å². The van der Waals surface area contributed by atoms with Crippen molar-refractivity contribution in [2.45, 2.75) is 6.54 Å². The van der Waals surface area contributed by atoms with Crippen molar-refractivity contribution in [3.8, 4) is 0 Å². The minimum atomic E-state index is 0.299. The van der Waals surface area contributed by atoms with Crippen molar-refractivity contribution in [2.75, 3.05) is 17.7 Å². The van der Waals surface area contributed by atoms with Gasteiger partial charge in [0.1, 0.15) is 10.6 Å². The van der Waals surface area contributed by atoms with Gasteiger partial charge in [-0.3, -0.25) is 0 Å². The number of halogens is 1. The molecule has 4 nitrogen and oxygen atoms in total. The molecular weight excluding hydrogens is 292 g/mol. The minimum Gasteiger partial charge on any atom is -0.368 e. The first-order valence-corrected chi connectivity index (χ1v) is 7.35. The van der Waals surface area contributed by atoms with Crippen molar-refractivity contribution in [3.63, 3.8) is 0 Å². The summed E-state index contributed by atoms with van der Waals surface area (Å²) in [7, 11) is 1.99. The molecule has 0 fully saturated rings. The highest BCUT2D eigenvalue weighted by Gasteiger charge is 2.12. The van der Waals surface area contributed by atoms with Gasteiger partial charge in [0.05, 0.1) is 5.39 Å². The van der Waals surface area contributed by atoms with Crippen molar-refractivity contribution < 1.29 is 0 Å². The topological polar surface area (TPSA) is 55.0 Å². The van der Waals surface area contributed by atoms with E-state index < -0.39 is 0 Å². The molecule has 0 aliphatic rings. The number of benzene rings is 1. The van der Waals surface area contributed by atoms with Crippen LogP contribution in [0, 0.1) is 0 Å². The molecule has 0 bridgehead atoms. The average molecular weight is 305 g/mol. The van der Waals surface area contributed by atoms with Crippen LogP contribution in [0.5, 0.6) is 0 Å². The maximum absolute atomic E-state index is 6.01. The largest absolute Gasteiger partial charge is 0.368 e. The third kappa shape index (κ3) is 2.55. The standard InChI is InChI=1S/C14H13ClN4S/c1-19(8-9-3-2-4-10(15)7-9)12-11-5-6-20-13(11)18-14(16)17-12/h2-7H,8H2,1H3,(H2,16,17,18). The summed E-state index contributed by atoms with van der Waals surface area (Å²) in [6.07, 6.45) is 0. The summed E-state index contributed by atoms with van der Waals surface area (Å²) in [6.45, 7) is 0.710. The van der Waals surface area contributed by atoms with Gasteiger partial charge in [0.2, 0.25) is 5.95 Å². The molecule has 0 saturated heterocycles.